The molecule has 0 saturated heterocycles. The molecule has 0 aromatic carbocycles. The monoisotopic (exact) mass is 348 g/mol. The fourth-order valence-electron chi connectivity index (χ4n) is 2.75. The molecule has 0 fully saturated rings. The molecule has 0 aromatic rings. The van der Waals surface area contributed by atoms with Crippen LogP contribution in [0.4, 0.5) is 0 Å². The minimum Gasteiger partial charge on any atom is -0.508 e. The van der Waals surface area contributed by atoms with E-state index in [1.54, 1.807) is 20.8 Å². The van der Waals surface area contributed by atoms with Crippen molar-refractivity contribution in [2.45, 2.75) is 64.9 Å². The number of hydrogen-bond donors (Lipinski definition) is 3. The maximum atomic E-state index is 12.8. The Balaban J connectivity index is 3.45. The highest BCUT2D eigenvalue weighted by Crippen LogP contribution is 2.39. The molecule has 25 heavy (non-hydrogen) atoms. The van der Waals surface area contributed by atoms with Crippen molar-refractivity contribution in [1.29, 1.82) is 0 Å². The number of Topliss-reactive ketones (excluding diaryl/α,β-unsaturated/α-hetero) is 2. The SMILES string of the molecule is C=C(C)CCC1=C(O)C(O)(CCC(=C)C)C(=O)C(C(=O)CCC)=C1O. The molecule has 138 valence electrons. The quantitative estimate of drug-likeness (QED) is 0.432. The largest absolute Gasteiger partial charge is 0.508 e. The van der Waals surface area contributed by atoms with Crippen LogP contribution in [-0.4, -0.2) is 32.5 Å². The van der Waals surface area contributed by atoms with E-state index < -0.39 is 34.3 Å². The molecule has 0 amide bonds. The van der Waals surface area contributed by atoms with Gasteiger partial charge in [0.1, 0.15) is 17.1 Å². The number of hydrogen-bond acceptors (Lipinski definition) is 5. The highest BCUT2D eigenvalue weighted by atomic mass is 16.3. The molecule has 1 aliphatic rings. The number of rotatable bonds is 9. The molecule has 1 rings (SSSR count). The Labute approximate surface area is 149 Å². The van der Waals surface area contributed by atoms with E-state index in [9.17, 15) is 24.9 Å². The van der Waals surface area contributed by atoms with Crippen LogP contribution < -0.4 is 0 Å². The first-order valence-corrected chi connectivity index (χ1v) is 8.51. The molecule has 1 atom stereocenters. The van der Waals surface area contributed by atoms with Gasteiger partial charge in [0.15, 0.2) is 11.4 Å². The van der Waals surface area contributed by atoms with Crippen molar-refractivity contribution >= 4 is 11.6 Å². The molecule has 0 saturated carbocycles. The van der Waals surface area contributed by atoms with Gasteiger partial charge in [0.2, 0.25) is 5.78 Å². The van der Waals surface area contributed by atoms with Gasteiger partial charge in [-0.15, -0.1) is 13.2 Å². The van der Waals surface area contributed by atoms with Gasteiger partial charge in [-0.1, -0.05) is 18.1 Å². The fourth-order valence-corrected chi connectivity index (χ4v) is 2.75. The van der Waals surface area contributed by atoms with Gasteiger partial charge in [-0.3, -0.25) is 9.59 Å². The molecular formula is C20H28O5. The third-order valence-corrected chi connectivity index (χ3v) is 4.27. The predicted octanol–water partition coefficient (Wildman–Crippen LogP) is 4.01. The van der Waals surface area contributed by atoms with Gasteiger partial charge in [-0.25, -0.2) is 0 Å². The van der Waals surface area contributed by atoms with Gasteiger partial charge in [0.05, 0.1) is 0 Å². The molecule has 0 radical (unpaired) electrons. The summed E-state index contributed by atoms with van der Waals surface area (Å²) >= 11 is 0. The highest BCUT2D eigenvalue weighted by molar-refractivity contribution is 6.25. The lowest BCUT2D eigenvalue weighted by molar-refractivity contribution is -0.136. The lowest BCUT2D eigenvalue weighted by Gasteiger charge is -2.33. The Morgan fingerprint density at radius 1 is 1.08 bits per heavy atom. The molecular weight excluding hydrogens is 320 g/mol. The second-order valence-corrected chi connectivity index (χ2v) is 6.83. The lowest BCUT2D eigenvalue weighted by atomic mass is 9.76. The Hall–Kier alpha value is -2.14. The molecule has 0 aliphatic heterocycles. The van der Waals surface area contributed by atoms with E-state index in [-0.39, 0.29) is 24.8 Å². The van der Waals surface area contributed by atoms with Gasteiger partial charge in [0.25, 0.3) is 0 Å². The van der Waals surface area contributed by atoms with Gasteiger partial charge in [-0.05, 0) is 46.0 Å². The summed E-state index contributed by atoms with van der Waals surface area (Å²) in [6, 6.07) is 0. The number of allylic oxidation sites excluding steroid dienone is 3. The Bertz CT molecular complexity index is 666. The lowest BCUT2D eigenvalue weighted by Crippen LogP contribution is -2.47. The maximum absolute atomic E-state index is 12.8. The van der Waals surface area contributed by atoms with Crippen LogP contribution in [-0.2, 0) is 9.59 Å². The van der Waals surface area contributed by atoms with E-state index in [0.717, 1.165) is 11.1 Å². The van der Waals surface area contributed by atoms with Crippen molar-refractivity contribution in [3.8, 4) is 0 Å². The Morgan fingerprint density at radius 3 is 2.12 bits per heavy atom. The Kier molecular flexibility index (Phi) is 6.94. The van der Waals surface area contributed by atoms with E-state index in [1.165, 1.54) is 0 Å². The van der Waals surface area contributed by atoms with Crippen LogP contribution in [0.1, 0.15) is 59.3 Å². The summed E-state index contributed by atoms with van der Waals surface area (Å²) in [5.41, 5.74) is -1.05. The van der Waals surface area contributed by atoms with Crippen LogP contribution in [0, 0.1) is 0 Å². The summed E-state index contributed by atoms with van der Waals surface area (Å²) in [7, 11) is 0. The third-order valence-electron chi connectivity index (χ3n) is 4.27. The van der Waals surface area contributed by atoms with E-state index in [0.29, 0.717) is 19.3 Å². The van der Waals surface area contributed by atoms with Crippen molar-refractivity contribution in [1.82, 2.24) is 0 Å². The predicted molar refractivity (Wildman–Crippen MR) is 97.3 cm³/mol. The van der Waals surface area contributed by atoms with Crippen molar-refractivity contribution in [3.63, 3.8) is 0 Å². The van der Waals surface area contributed by atoms with Crippen molar-refractivity contribution in [2.75, 3.05) is 0 Å². The van der Waals surface area contributed by atoms with Crippen LogP contribution in [0.15, 0.2) is 47.0 Å². The van der Waals surface area contributed by atoms with Crippen molar-refractivity contribution in [2.24, 2.45) is 0 Å². The van der Waals surface area contributed by atoms with Gasteiger partial charge < -0.3 is 15.3 Å². The third kappa shape index (κ3) is 4.48. The summed E-state index contributed by atoms with van der Waals surface area (Å²) in [5.74, 6) is -2.58. The number of carbonyl (C=O) groups excluding carboxylic acids is 2. The molecule has 0 heterocycles. The van der Waals surface area contributed by atoms with Gasteiger partial charge in [0, 0.05) is 12.0 Å². The van der Waals surface area contributed by atoms with Gasteiger partial charge in [-0.2, -0.15) is 0 Å². The summed E-state index contributed by atoms with van der Waals surface area (Å²) in [4.78, 5) is 25.1. The second-order valence-electron chi connectivity index (χ2n) is 6.83. The number of aliphatic hydroxyl groups excluding tert-OH is 2. The van der Waals surface area contributed by atoms with Crippen molar-refractivity contribution < 1.29 is 24.9 Å². The van der Waals surface area contributed by atoms with Gasteiger partial charge >= 0.3 is 0 Å². The highest BCUT2D eigenvalue weighted by Gasteiger charge is 2.49. The second kappa shape index (κ2) is 8.30. The van der Waals surface area contributed by atoms with E-state index >= 15 is 0 Å². The van der Waals surface area contributed by atoms with E-state index in [2.05, 4.69) is 13.2 Å². The fraction of sp³-hybridized carbons (Fsp3) is 0.500. The molecule has 5 nitrogen and oxygen atoms in total. The number of aliphatic hydroxyl groups is 3. The van der Waals surface area contributed by atoms with Crippen LogP contribution in [0.5, 0.6) is 0 Å². The summed E-state index contributed by atoms with van der Waals surface area (Å²) in [5, 5.41) is 31.9. The normalized spacial score (nSPS) is 20.9. The first kappa shape index (κ1) is 20.9. The topological polar surface area (TPSA) is 94.8 Å². The smallest absolute Gasteiger partial charge is 0.209 e. The Morgan fingerprint density at radius 2 is 1.64 bits per heavy atom. The summed E-state index contributed by atoms with van der Waals surface area (Å²) < 4.78 is 0. The molecule has 0 aromatic heterocycles. The minimum atomic E-state index is -2.21. The maximum Gasteiger partial charge on any atom is 0.209 e. The van der Waals surface area contributed by atoms with E-state index in [1.807, 2.05) is 0 Å². The molecule has 0 bridgehead atoms. The van der Waals surface area contributed by atoms with Crippen LogP contribution in [0.25, 0.3) is 0 Å². The number of ketones is 2. The minimum absolute atomic E-state index is 0.0336. The zero-order valence-electron chi connectivity index (χ0n) is 15.3. The van der Waals surface area contributed by atoms with E-state index in [4.69, 9.17) is 0 Å². The van der Waals surface area contributed by atoms with Crippen molar-refractivity contribution in [3.05, 3.63) is 47.0 Å². The van der Waals surface area contributed by atoms with Crippen LogP contribution >= 0.6 is 0 Å². The van der Waals surface area contributed by atoms with Crippen LogP contribution in [0.2, 0.25) is 0 Å². The first-order chi connectivity index (χ1) is 11.6. The number of carbonyl (C=O) groups is 2. The molecule has 1 aliphatic carbocycles. The summed E-state index contributed by atoms with van der Waals surface area (Å²) in [6.45, 7) is 12.8. The average Bonchev–Trinajstić information content (AvgIpc) is 2.51. The molecule has 1 unspecified atom stereocenters. The van der Waals surface area contributed by atoms with Crippen LogP contribution in [0.3, 0.4) is 0 Å². The zero-order chi connectivity index (χ0) is 19.4. The standard InChI is InChI=1S/C20H28O5/c1-6-7-15(21)16-17(22)14(9-8-12(2)3)18(23)20(25,19(16)24)11-10-13(4)5/h22-23,25H,2,4,6-11H2,1,3,5H3. The summed E-state index contributed by atoms with van der Waals surface area (Å²) in [6.07, 6.45) is 1.41. The first-order valence-electron chi connectivity index (χ1n) is 8.51. The average molecular weight is 348 g/mol. The molecule has 0 spiro atoms. The zero-order valence-corrected chi connectivity index (χ0v) is 15.3. The molecule has 3 N–H and O–H groups in total. The molecule has 5 heteroatoms.